The molecule has 0 saturated carbocycles. The fourth-order valence-electron chi connectivity index (χ4n) is 0.881. The molecule has 0 atom stereocenters. The maximum atomic E-state index is 10.9. The van der Waals surface area contributed by atoms with Crippen LogP contribution >= 0.6 is 0 Å². The van der Waals surface area contributed by atoms with E-state index in [2.05, 4.69) is 4.99 Å². The first-order valence-electron chi connectivity index (χ1n) is 4.06. The van der Waals surface area contributed by atoms with Crippen LogP contribution in [0, 0.1) is 0 Å². The van der Waals surface area contributed by atoms with Gasteiger partial charge in [-0.2, -0.15) is 4.99 Å². The maximum Gasteiger partial charge on any atom is 0.328 e. The minimum absolute atomic E-state index is 0.202. The van der Waals surface area contributed by atoms with Crippen LogP contribution in [0.3, 0.4) is 0 Å². The molecule has 72 valence electrons. The zero-order valence-electron chi connectivity index (χ0n) is 7.47. The average Bonchev–Trinajstić information content (AvgIpc) is 2.25. The van der Waals surface area contributed by atoms with Gasteiger partial charge in [0, 0.05) is 0 Å². The number of hydrogen-bond donors (Lipinski definition) is 0. The van der Waals surface area contributed by atoms with Crippen molar-refractivity contribution in [2.24, 2.45) is 4.99 Å². The Morgan fingerprint density at radius 2 is 2.07 bits per heavy atom. The molecule has 0 N–H and O–H groups in total. The number of ether oxygens (including phenoxy) is 1. The van der Waals surface area contributed by atoms with Crippen molar-refractivity contribution in [2.45, 2.75) is 6.61 Å². The molecular formula is C10H9NO3. The Balaban J connectivity index is 2.34. The van der Waals surface area contributed by atoms with Gasteiger partial charge >= 0.3 is 5.97 Å². The summed E-state index contributed by atoms with van der Waals surface area (Å²) < 4.78 is 4.82. The van der Waals surface area contributed by atoms with Crippen LogP contribution in [0.5, 0.6) is 0 Å². The van der Waals surface area contributed by atoms with Gasteiger partial charge in [0.1, 0.15) is 13.2 Å². The van der Waals surface area contributed by atoms with Crippen LogP contribution in [0.2, 0.25) is 0 Å². The normalized spacial score (nSPS) is 8.86. The molecule has 0 spiro atoms. The van der Waals surface area contributed by atoms with Gasteiger partial charge in [-0.1, -0.05) is 30.3 Å². The van der Waals surface area contributed by atoms with Crippen LogP contribution in [0.25, 0.3) is 0 Å². The van der Waals surface area contributed by atoms with Crippen LogP contribution in [-0.2, 0) is 20.9 Å². The first-order chi connectivity index (χ1) is 6.83. The highest BCUT2D eigenvalue weighted by molar-refractivity contribution is 5.72. The lowest BCUT2D eigenvalue weighted by atomic mass is 10.2. The van der Waals surface area contributed by atoms with Gasteiger partial charge in [-0.25, -0.2) is 4.79 Å². The largest absolute Gasteiger partial charge is 0.459 e. The molecular weight excluding hydrogens is 182 g/mol. The van der Waals surface area contributed by atoms with Gasteiger partial charge in [-0.3, -0.25) is 4.79 Å². The van der Waals surface area contributed by atoms with E-state index in [0.717, 1.165) is 5.56 Å². The number of carbonyl (C=O) groups excluding carboxylic acids is 2. The summed E-state index contributed by atoms with van der Waals surface area (Å²) in [7, 11) is 0. The van der Waals surface area contributed by atoms with Crippen LogP contribution < -0.4 is 0 Å². The first kappa shape index (κ1) is 10.2. The van der Waals surface area contributed by atoms with E-state index >= 15 is 0 Å². The summed E-state index contributed by atoms with van der Waals surface area (Å²) in [6.45, 7) is -0.0651. The van der Waals surface area contributed by atoms with Gasteiger partial charge in [0.25, 0.3) is 0 Å². The van der Waals surface area contributed by atoms with Crippen molar-refractivity contribution in [3.8, 4) is 0 Å². The highest BCUT2D eigenvalue weighted by atomic mass is 16.5. The third-order valence-corrected chi connectivity index (χ3v) is 1.52. The summed E-state index contributed by atoms with van der Waals surface area (Å²) in [5, 5.41) is 0. The Morgan fingerprint density at radius 1 is 1.36 bits per heavy atom. The molecule has 1 aromatic rings. The van der Waals surface area contributed by atoms with Gasteiger partial charge in [-0.15, -0.1) is 0 Å². The van der Waals surface area contributed by atoms with Crippen molar-refractivity contribution < 1.29 is 14.3 Å². The molecule has 14 heavy (non-hydrogen) atoms. The van der Waals surface area contributed by atoms with Crippen molar-refractivity contribution in [3.05, 3.63) is 35.9 Å². The summed E-state index contributed by atoms with van der Waals surface area (Å²) >= 11 is 0. The van der Waals surface area contributed by atoms with Gasteiger partial charge < -0.3 is 4.74 Å². The molecule has 1 aromatic carbocycles. The van der Waals surface area contributed by atoms with Crippen molar-refractivity contribution in [1.82, 2.24) is 0 Å². The smallest absolute Gasteiger partial charge is 0.328 e. The number of esters is 1. The summed E-state index contributed by atoms with van der Waals surface area (Å²) in [4.78, 5) is 23.7. The molecule has 0 heterocycles. The second kappa shape index (κ2) is 5.67. The Labute approximate surface area is 81.2 Å². The highest BCUT2D eigenvalue weighted by Crippen LogP contribution is 2.00. The second-order valence-corrected chi connectivity index (χ2v) is 2.55. The third-order valence-electron chi connectivity index (χ3n) is 1.52. The zero-order valence-corrected chi connectivity index (χ0v) is 7.47. The fraction of sp³-hybridized carbons (Fsp3) is 0.200. The van der Waals surface area contributed by atoms with E-state index in [-0.39, 0.29) is 13.2 Å². The average molecular weight is 191 g/mol. The number of isocyanates is 1. The summed E-state index contributed by atoms with van der Waals surface area (Å²) in [6, 6.07) is 9.27. The van der Waals surface area contributed by atoms with Gasteiger partial charge in [0.05, 0.1) is 0 Å². The summed E-state index contributed by atoms with van der Waals surface area (Å²) in [5.74, 6) is -0.530. The quantitative estimate of drug-likeness (QED) is 0.406. The van der Waals surface area contributed by atoms with E-state index in [1.165, 1.54) is 6.08 Å². The number of carbonyl (C=O) groups is 1. The van der Waals surface area contributed by atoms with E-state index in [0.29, 0.717) is 0 Å². The van der Waals surface area contributed by atoms with Crippen LogP contribution in [0.15, 0.2) is 35.3 Å². The molecule has 0 radical (unpaired) electrons. The number of benzene rings is 1. The molecule has 0 unspecified atom stereocenters. The molecule has 0 aliphatic rings. The fourth-order valence-corrected chi connectivity index (χ4v) is 0.881. The number of aliphatic imine (C=N–C) groups is 1. The van der Waals surface area contributed by atoms with Crippen molar-refractivity contribution in [1.29, 1.82) is 0 Å². The van der Waals surface area contributed by atoms with Crippen LogP contribution in [0.4, 0.5) is 0 Å². The molecule has 0 amide bonds. The first-order valence-corrected chi connectivity index (χ1v) is 4.06. The predicted molar refractivity (Wildman–Crippen MR) is 49.2 cm³/mol. The molecule has 0 aromatic heterocycles. The van der Waals surface area contributed by atoms with E-state index in [4.69, 9.17) is 4.74 Å². The Kier molecular flexibility index (Phi) is 4.11. The summed E-state index contributed by atoms with van der Waals surface area (Å²) in [6.07, 6.45) is 1.27. The number of rotatable bonds is 4. The minimum atomic E-state index is -0.530. The SMILES string of the molecule is O=C=NCC(=O)OCc1ccccc1. The molecule has 0 aliphatic heterocycles. The molecule has 0 saturated heterocycles. The Morgan fingerprint density at radius 3 is 2.71 bits per heavy atom. The third kappa shape index (κ3) is 3.65. The van der Waals surface area contributed by atoms with Crippen molar-refractivity contribution >= 4 is 12.0 Å². The lowest BCUT2D eigenvalue weighted by Gasteiger charge is -2.01. The van der Waals surface area contributed by atoms with Gasteiger partial charge in [0.2, 0.25) is 6.08 Å². The topological polar surface area (TPSA) is 55.7 Å². The lowest BCUT2D eigenvalue weighted by Crippen LogP contribution is -2.07. The van der Waals surface area contributed by atoms with E-state index in [9.17, 15) is 9.59 Å². The van der Waals surface area contributed by atoms with Crippen molar-refractivity contribution in [3.63, 3.8) is 0 Å². The van der Waals surface area contributed by atoms with E-state index in [1.807, 2.05) is 30.3 Å². The minimum Gasteiger partial charge on any atom is -0.459 e. The molecule has 0 aliphatic carbocycles. The van der Waals surface area contributed by atoms with E-state index < -0.39 is 5.97 Å². The predicted octanol–water partition coefficient (Wildman–Crippen LogP) is 1.07. The standard InChI is InChI=1S/C10H9NO3/c12-8-11-6-10(13)14-7-9-4-2-1-3-5-9/h1-5H,6-7H2. The Hall–Kier alpha value is -1.93. The van der Waals surface area contributed by atoms with Crippen LogP contribution in [-0.4, -0.2) is 18.6 Å². The Bertz CT molecular complexity index is 342. The van der Waals surface area contributed by atoms with Crippen molar-refractivity contribution in [2.75, 3.05) is 6.54 Å². The zero-order chi connectivity index (χ0) is 10.2. The molecule has 4 heteroatoms. The molecule has 1 rings (SSSR count). The second-order valence-electron chi connectivity index (χ2n) is 2.55. The monoisotopic (exact) mass is 191 g/mol. The lowest BCUT2D eigenvalue weighted by molar-refractivity contribution is -0.143. The number of nitrogens with zero attached hydrogens (tertiary/aromatic N) is 1. The molecule has 0 bridgehead atoms. The van der Waals surface area contributed by atoms with Gasteiger partial charge in [-0.05, 0) is 5.56 Å². The molecule has 4 nitrogen and oxygen atoms in total. The number of hydrogen-bond acceptors (Lipinski definition) is 4. The van der Waals surface area contributed by atoms with Gasteiger partial charge in [0.15, 0.2) is 0 Å². The highest BCUT2D eigenvalue weighted by Gasteiger charge is 2.00. The van der Waals surface area contributed by atoms with E-state index in [1.54, 1.807) is 0 Å². The summed E-state index contributed by atoms with van der Waals surface area (Å²) in [5.41, 5.74) is 0.899. The maximum absolute atomic E-state index is 10.9. The molecule has 0 fully saturated rings. The van der Waals surface area contributed by atoms with Crippen LogP contribution in [0.1, 0.15) is 5.56 Å².